The fraction of sp³-hybridized carbons (Fsp3) is 0.200. The molecule has 0 aliphatic carbocycles. The molecule has 4 heterocycles. The van der Waals surface area contributed by atoms with Crippen molar-refractivity contribution in [2.24, 2.45) is 5.92 Å². The second-order valence-corrected chi connectivity index (χ2v) is 10.9. The first kappa shape index (κ1) is 25.9. The average Bonchev–Trinajstić information content (AvgIpc) is 3.52. The number of nitrogens with zero attached hydrogens (tertiary/aromatic N) is 2. The van der Waals surface area contributed by atoms with E-state index in [0.717, 1.165) is 17.5 Å². The van der Waals surface area contributed by atoms with Gasteiger partial charge in [0.15, 0.2) is 11.6 Å². The molecule has 0 bridgehead atoms. The molecule has 1 saturated heterocycles. The second kappa shape index (κ2) is 10.1. The number of rotatable bonds is 7. The summed E-state index contributed by atoms with van der Waals surface area (Å²) in [6.07, 6.45) is 7.72. The first-order valence-electron chi connectivity index (χ1n) is 14.2. The van der Waals surface area contributed by atoms with Crippen molar-refractivity contribution in [1.82, 2.24) is 9.88 Å². The molecule has 3 aliphatic heterocycles. The Morgan fingerprint density at radius 1 is 0.952 bits per heavy atom. The van der Waals surface area contributed by atoms with Crippen LogP contribution in [0.4, 0.5) is 5.69 Å². The minimum absolute atomic E-state index is 0.271. The topological polar surface area (TPSA) is 88.6 Å². The summed E-state index contributed by atoms with van der Waals surface area (Å²) in [5.74, 6) is -1.46. The smallest absolute Gasteiger partial charge is 0.238 e. The van der Waals surface area contributed by atoms with Crippen molar-refractivity contribution in [3.8, 4) is 5.75 Å². The molecule has 1 amide bonds. The Morgan fingerprint density at radius 3 is 2.57 bits per heavy atom. The van der Waals surface area contributed by atoms with Crippen molar-refractivity contribution in [3.05, 3.63) is 131 Å². The van der Waals surface area contributed by atoms with Gasteiger partial charge >= 0.3 is 0 Å². The molecule has 1 spiro atoms. The first-order chi connectivity index (χ1) is 20.6. The number of benzene rings is 3. The molecule has 7 nitrogen and oxygen atoms in total. The number of anilines is 1. The standard InChI is InChI=1S/C35H29N3O4/c1-2-20-42-28-16-8-5-13-25(28)32(40)30-29(31(39)23-11-9-18-36-21-23)35(26-14-6-7-15-27(26)37-34(35)41)33-24-12-4-3-10-22(24)17-19-38(30)33/h3-19,21,29-30,33H,2,20H2,1H3,(H,37,41)/t29-,30-,33+,35-/m0/s1. The summed E-state index contributed by atoms with van der Waals surface area (Å²) in [6, 6.07) is 24.3. The highest BCUT2D eigenvalue weighted by Gasteiger charge is 2.70. The normalized spacial score (nSPS) is 23.2. The minimum atomic E-state index is -1.38. The van der Waals surface area contributed by atoms with Gasteiger partial charge < -0.3 is 15.0 Å². The number of amides is 1. The van der Waals surface area contributed by atoms with Crippen LogP contribution in [0.2, 0.25) is 0 Å². The molecule has 0 saturated carbocycles. The number of carbonyl (C=O) groups excluding carboxylic acids is 3. The van der Waals surface area contributed by atoms with Crippen molar-refractivity contribution >= 4 is 29.2 Å². The number of hydrogen-bond donors (Lipinski definition) is 1. The maximum Gasteiger partial charge on any atom is 0.238 e. The van der Waals surface area contributed by atoms with Crippen LogP contribution in [0.25, 0.3) is 6.08 Å². The van der Waals surface area contributed by atoms with Crippen LogP contribution in [0, 0.1) is 5.92 Å². The van der Waals surface area contributed by atoms with Crippen molar-refractivity contribution < 1.29 is 19.1 Å². The van der Waals surface area contributed by atoms with Gasteiger partial charge in [-0.05, 0) is 59.5 Å². The zero-order chi connectivity index (χ0) is 28.8. The summed E-state index contributed by atoms with van der Waals surface area (Å²) in [7, 11) is 0. The van der Waals surface area contributed by atoms with Gasteiger partial charge in [-0.15, -0.1) is 0 Å². The van der Waals surface area contributed by atoms with E-state index in [0.29, 0.717) is 34.7 Å². The van der Waals surface area contributed by atoms with Gasteiger partial charge in [0.1, 0.15) is 17.2 Å². The van der Waals surface area contributed by atoms with E-state index < -0.39 is 23.4 Å². The molecule has 4 atom stereocenters. The number of carbonyl (C=O) groups is 3. The number of pyridine rings is 1. The highest BCUT2D eigenvalue weighted by Crippen LogP contribution is 2.62. The van der Waals surface area contributed by atoms with E-state index in [4.69, 9.17) is 4.74 Å². The minimum Gasteiger partial charge on any atom is -0.493 e. The number of ether oxygens (including phenoxy) is 1. The Kier molecular flexibility index (Phi) is 6.23. The number of hydrogen-bond acceptors (Lipinski definition) is 6. The Balaban J connectivity index is 1.52. The van der Waals surface area contributed by atoms with Crippen molar-refractivity contribution in [2.45, 2.75) is 30.8 Å². The Hall–Kier alpha value is -5.04. The lowest BCUT2D eigenvalue weighted by molar-refractivity contribution is -0.122. The molecule has 1 N–H and O–H groups in total. The van der Waals surface area contributed by atoms with E-state index in [-0.39, 0.29) is 17.5 Å². The predicted molar refractivity (Wildman–Crippen MR) is 159 cm³/mol. The number of fused-ring (bicyclic) bond motifs is 6. The van der Waals surface area contributed by atoms with Gasteiger partial charge in [-0.1, -0.05) is 61.5 Å². The fourth-order valence-electron chi connectivity index (χ4n) is 7.02. The van der Waals surface area contributed by atoms with Crippen LogP contribution in [-0.2, 0) is 10.2 Å². The number of para-hydroxylation sites is 2. The molecule has 7 heteroatoms. The van der Waals surface area contributed by atoms with Crippen LogP contribution in [0.1, 0.15) is 56.8 Å². The number of aromatic nitrogens is 1. The molecule has 7 rings (SSSR count). The van der Waals surface area contributed by atoms with Gasteiger partial charge in [0, 0.05) is 29.8 Å². The van der Waals surface area contributed by atoms with Crippen molar-refractivity contribution in [3.63, 3.8) is 0 Å². The molecule has 208 valence electrons. The first-order valence-corrected chi connectivity index (χ1v) is 14.2. The molecule has 3 aliphatic rings. The zero-order valence-corrected chi connectivity index (χ0v) is 23.1. The van der Waals surface area contributed by atoms with Crippen LogP contribution in [-0.4, -0.2) is 40.0 Å². The van der Waals surface area contributed by atoms with Crippen LogP contribution in [0.5, 0.6) is 5.75 Å². The largest absolute Gasteiger partial charge is 0.493 e. The van der Waals surface area contributed by atoms with Crippen molar-refractivity contribution in [2.75, 3.05) is 11.9 Å². The molecule has 0 unspecified atom stereocenters. The maximum atomic E-state index is 14.8. The molecule has 1 fully saturated rings. The Bertz CT molecular complexity index is 1750. The lowest BCUT2D eigenvalue weighted by Crippen LogP contribution is -2.49. The SMILES string of the molecule is CCCOc1ccccc1C(=O)[C@@H]1[C@@H](C(=O)c2cccnc2)[C@]2(C(=O)Nc3ccccc32)[C@H]2c3ccccc3C=CN12. The van der Waals surface area contributed by atoms with Gasteiger partial charge in [0.05, 0.1) is 24.1 Å². The third kappa shape index (κ3) is 3.66. The molecule has 3 aromatic carbocycles. The highest BCUT2D eigenvalue weighted by molar-refractivity contribution is 6.17. The van der Waals surface area contributed by atoms with Gasteiger partial charge in [-0.25, -0.2) is 0 Å². The Labute approximate surface area is 243 Å². The van der Waals surface area contributed by atoms with E-state index in [1.54, 1.807) is 36.5 Å². The quantitative estimate of drug-likeness (QED) is 0.288. The molecule has 42 heavy (non-hydrogen) atoms. The Morgan fingerprint density at radius 2 is 1.74 bits per heavy atom. The van der Waals surface area contributed by atoms with E-state index in [2.05, 4.69) is 10.3 Å². The summed E-state index contributed by atoms with van der Waals surface area (Å²) in [5, 5.41) is 3.08. The molecule has 0 radical (unpaired) electrons. The van der Waals surface area contributed by atoms with E-state index >= 15 is 0 Å². The van der Waals surface area contributed by atoms with Gasteiger partial charge in [-0.2, -0.15) is 0 Å². The van der Waals surface area contributed by atoms with Crippen LogP contribution in [0.15, 0.2) is 104 Å². The average molecular weight is 556 g/mol. The lowest BCUT2D eigenvalue weighted by Gasteiger charge is -2.38. The summed E-state index contributed by atoms with van der Waals surface area (Å²) >= 11 is 0. The van der Waals surface area contributed by atoms with Crippen LogP contribution < -0.4 is 10.1 Å². The maximum absolute atomic E-state index is 14.8. The van der Waals surface area contributed by atoms with E-state index in [1.807, 2.05) is 78.7 Å². The van der Waals surface area contributed by atoms with Gasteiger partial charge in [0.2, 0.25) is 5.91 Å². The molecule has 1 aromatic heterocycles. The summed E-state index contributed by atoms with van der Waals surface area (Å²) in [6.45, 7) is 2.46. The number of nitrogens with one attached hydrogen (secondary N) is 1. The summed E-state index contributed by atoms with van der Waals surface area (Å²) in [5.41, 5.74) is 2.55. The number of Topliss-reactive ketones (excluding diaryl/α,β-unsaturated/α-hetero) is 2. The molecular formula is C35H29N3O4. The summed E-state index contributed by atoms with van der Waals surface area (Å²) < 4.78 is 6.00. The van der Waals surface area contributed by atoms with Crippen LogP contribution >= 0.6 is 0 Å². The second-order valence-electron chi connectivity index (χ2n) is 10.9. The van der Waals surface area contributed by atoms with E-state index in [1.165, 1.54) is 6.20 Å². The zero-order valence-electron chi connectivity index (χ0n) is 23.1. The third-order valence-corrected chi connectivity index (χ3v) is 8.68. The van der Waals surface area contributed by atoms with Crippen LogP contribution in [0.3, 0.4) is 0 Å². The lowest BCUT2D eigenvalue weighted by atomic mass is 9.62. The van der Waals surface area contributed by atoms with Crippen molar-refractivity contribution in [1.29, 1.82) is 0 Å². The van der Waals surface area contributed by atoms with Gasteiger partial charge in [-0.3, -0.25) is 19.4 Å². The van der Waals surface area contributed by atoms with E-state index in [9.17, 15) is 14.4 Å². The molecule has 4 aromatic rings. The molecular weight excluding hydrogens is 526 g/mol. The van der Waals surface area contributed by atoms with Gasteiger partial charge in [0.25, 0.3) is 0 Å². The monoisotopic (exact) mass is 555 g/mol. The predicted octanol–water partition coefficient (Wildman–Crippen LogP) is 5.85. The fourth-order valence-corrected chi connectivity index (χ4v) is 7.02. The number of ketones is 2. The third-order valence-electron chi connectivity index (χ3n) is 8.68. The summed E-state index contributed by atoms with van der Waals surface area (Å²) in [4.78, 5) is 50.3. The highest BCUT2D eigenvalue weighted by atomic mass is 16.5.